The minimum absolute atomic E-state index is 0.328. The van der Waals surface area contributed by atoms with Gasteiger partial charge in [0.15, 0.2) is 5.79 Å². The van der Waals surface area contributed by atoms with Crippen molar-refractivity contribution >= 4 is 12.6 Å². The molecule has 2 saturated heterocycles. The van der Waals surface area contributed by atoms with E-state index in [0.717, 1.165) is 18.3 Å². The molecule has 1 aromatic rings. The summed E-state index contributed by atoms with van der Waals surface area (Å²) in [4.78, 5) is 0. The fraction of sp³-hybridized carbons (Fsp3) is 0.800. The highest BCUT2D eigenvalue weighted by atomic mass is 16.7. The molecule has 0 radical (unpaired) electrons. The molecule has 7 heteroatoms. The molecule has 0 unspecified atom stereocenters. The minimum Gasteiger partial charge on any atom is -0.399 e. The summed E-state index contributed by atoms with van der Waals surface area (Å²) in [6.07, 6.45) is 5.58. The molecule has 3 fully saturated rings. The maximum Gasteiger partial charge on any atom is 0.498 e. The maximum absolute atomic E-state index is 6.06. The first-order chi connectivity index (χ1) is 10.3. The summed E-state index contributed by atoms with van der Waals surface area (Å²) in [5.41, 5.74) is 0.310. The molecule has 6 nitrogen and oxygen atoms in total. The van der Waals surface area contributed by atoms with Crippen LogP contribution in [0.15, 0.2) is 12.4 Å². The zero-order chi connectivity index (χ0) is 15.6. The number of rotatable bonds is 2. The van der Waals surface area contributed by atoms with Crippen molar-refractivity contribution in [1.29, 1.82) is 0 Å². The molecule has 3 aliphatic rings. The third-order valence-electron chi connectivity index (χ3n) is 5.43. The van der Waals surface area contributed by atoms with Gasteiger partial charge in [-0.25, -0.2) is 0 Å². The fourth-order valence-corrected chi connectivity index (χ4v) is 3.23. The highest BCUT2D eigenvalue weighted by Gasteiger charge is 2.53. The summed E-state index contributed by atoms with van der Waals surface area (Å²) in [6, 6.07) is 0.328. The molecule has 2 aliphatic heterocycles. The van der Waals surface area contributed by atoms with E-state index in [9.17, 15) is 0 Å². The molecule has 1 saturated carbocycles. The van der Waals surface area contributed by atoms with Crippen molar-refractivity contribution in [2.24, 2.45) is 0 Å². The van der Waals surface area contributed by atoms with Gasteiger partial charge in [-0.1, -0.05) is 0 Å². The molecule has 0 bridgehead atoms. The van der Waals surface area contributed by atoms with Crippen LogP contribution in [0.3, 0.4) is 0 Å². The Kier molecular flexibility index (Phi) is 3.05. The van der Waals surface area contributed by atoms with Crippen molar-refractivity contribution < 1.29 is 18.8 Å². The zero-order valence-electron chi connectivity index (χ0n) is 13.7. The van der Waals surface area contributed by atoms with Gasteiger partial charge in [0.2, 0.25) is 0 Å². The van der Waals surface area contributed by atoms with Gasteiger partial charge in [0.05, 0.1) is 30.5 Å². The first kappa shape index (κ1) is 14.7. The number of aromatic nitrogens is 2. The maximum atomic E-state index is 6.06. The predicted molar refractivity (Wildman–Crippen MR) is 80.8 cm³/mol. The fourth-order valence-electron chi connectivity index (χ4n) is 3.23. The Balaban J connectivity index is 1.45. The number of hydrogen-bond donors (Lipinski definition) is 0. The van der Waals surface area contributed by atoms with Crippen LogP contribution >= 0.6 is 0 Å². The number of ether oxygens (including phenoxy) is 2. The summed E-state index contributed by atoms with van der Waals surface area (Å²) in [7, 11) is -0.355. The molecular weight excluding hydrogens is 283 g/mol. The second kappa shape index (κ2) is 4.57. The van der Waals surface area contributed by atoms with Gasteiger partial charge in [-0.3, -0.25) is 4.68 Å². The highest BCUT2D eigenvalue weighted by molar-refractivity contribution is 6.62. The average molecular weight is 306 g/mol. The lowest BCUT2D eigenvalue weighted by Crippen LogP contribution is -2.46. The van der Waals surface area contributed by atoms with Crippen LogP contribution in [0.1, 0.15) is 46.6 Å². The average Bonchev–Trinajstić information content (AvgIpc) is 3.07. The normalized spacial score (nSPS) is 29.2. The zero-order valence-corrected chi connectivity index (χ0v) is 13.7. The SMILES string of the molecule is CC1(C)OB(c2cnn(C3CC4(C3)OCCO4)c2)OC1(C)C. The van der Waals surface area contributed by atoms with Crippen LogP contribution in [0, 0.1) is 0 Å². The van der Waals surface area contributed by atoms with Crippen LogP contribution in [-0.2, 0) is 18.8 Å². The summed E-state index contributed by atoms with van der Waals surface area (Å²) in [5, 5.41) is 4.48. The first-order valence-electron chi connectivity index (χ1n) is 7.98. The number of hydrogen-bond acceptors (Lipinski definition) is 5. The Bertz CT molecular complexity index is 556. The van der Waals surface area contributed by atoms with E-state index >= 15 is 0 Å². The molecule has 0 amide bonds. The van der Waals surface area contributed by atoms with Crippen molar-refractivity contribution in [3.05, 3.63) is 12.4 Å². The van der Waals surface area contributed by atoms with Crippen molar-refractivity contribution in [3.63, 3.8) is 0 Å². The second-order valence-corrected chi connectivity index (χ2v) is 7.51. The van der Waals surface area contributed by atoms with Crippen LogP contribution in [0.5, 0.6) is 0 Å². The van der Waals surface area contributed by atoms with E-state index in [1.54, 1.807) is 0 Å². The third-order valence-corrected chi connectivity index (χ3v) is 5.43. The molecule has 1 spiro atoms. The topological polar surface area (TPSA) is 54.7 Å². The van der Waals surface area contributed by atoms with Crippen LogP contribution in [0.4, 0.5) is 0 Å². The van der Waals surface area contributed by atoms with Crippen LogP contribution < -0.4 is 5.46 Å². The van der Waals surface area contributed by atoms with Gasteiger partial charge in [-0.2, -0.15) is 5.10 Å². The van der Waals surface area contributed by atoms with Gasteiger partial charge in [-0.15, -0.1) is 0 Å². The first-order valence-corrected chi connectivity index (χ1v) is 7.98. The van der Waals surface area contributed by atoms with Crippen molar-refractivity contribution in [3.8, 4) is 0 Å². The van der Waals surface area contributed by atoms with E-state index in [-0.39, 0.29) is 24.1 Å². The second-order valence-electron chi connectivity index (χ2n) is 7.51. The Morgan fingerprint density at radius 3 is 2.27 bits per heavy atom. The van der Waals surface area contributed by atoms with Crippen LogP contribution in [0.2, 0.25) is 0 Å². The van der Waals surface area contributed by atoms with Crippen molar-refractivity contribution in [2.75, 3.05) is 13.2 Å². The van der Waals surface area contributed by atoms with E-state index in [2.05, 4.69) is 32.8 Å². The monoisotopic (exact) mass is 306 g/mol. The Morgan fingerprint density at radius 1 is 1.09 bits per heavy atom. The number of nitrogens with zero attached hydrogens (tertiary/aromatic N) is 2. The molecule has 3 heterocycles. The van der Waals surface area contributed by atoms with E-state index in [1.807, 2.05) is 17.1 Å². The summed E-state index contributed by atoms with van der Waals surface area (Å²) < 4.78 is 25.5. The molecule has 4 rings (SSSR count). The van der Waals surface area contributed by atoms with Crippen LogP contribution in [0.25, 0.3) is 0 Å². The van der Waals surface area contributed by atoms with Gasteiger partial charge in [0.25, 0.3) is 0 Å². The predicted octanol–water partition coefficient (Wildman–Crippen LogP) is 1.26. The Hall–Kier alpha value is -0.885. The largest absolute Gasteiger partial charge is 0.498 e. The molecule has 0 atom stereocenters. The molecule has 22 heavy (non-hydrogen) atoms. The van der Waals surface area contributed by atoms with Crippen molar-refractivity contribution in [2.45, 2.75) is 63.6 Å². The molecular formula is C15H23BN2O4. The Morgan fingerprint density at radius 2 is 1.68 bits per heavy atom. The van der Waals surface area contributed by atoms with E-state index < -0.39 is 0 Å². The molecule has 0 N–H and O–H groups in total. The Labute approximate surface area is 131 Å². The van der Waals surface area contributed by atoms with E-state index in [1.165, 1.54) is 0 Å². The standard InChI is InChI=1S/C15H23BN2O4/c1-13(2)14(3,4)22-16(21-13)11-9-17-18(10-11)12-7-15(8-12)19-5-6-20-15/h9-10,12H,5-8H2,1-4H3. The lowest BCUT2D eigenvalue weighted by Gasteiger charge is -2.42. The van der Waals surface area contributed by atoms with Crippen LogP contribution in [-0.4, -0.2) is 47.1 Å². The summed E-state index contributed by atoms with van der Waals surface area (Å²) in [6.45, 7) is 9.63. The van der Waals surface area contributed by atoms with Gasteiger partial charge in [-0.05, 0) is 27.7 Å². The molecule has 0 aromatic carbocycles. The highest BCUT2D eigenvalue weighted by Crippen LogP contribution is 2.46. The van der Waals surface area contributed by atoms with Crippen molar-refractivity contribution in [1.82, 2.24) is 9.78 Å². The summed E-state index contributed by atoms with van der Waals surface area (Å²) >= 11 is 0. The lowest BCUT2D eigenvalue weighted by atomic mass is 9.81. The lowest BCUT2D eigenvalue weighted by molar-refractivity contribution is -0.227. The van der Waals surface area contributed by atoms with Gasteiger partial charge in [0.1, 0.15) is 0 Å². The third kappa shape index (κ3) is 2.14. The molecule has 1 aliphatic carbocycles. The van der Waals surface area contributed by atoms with Gasteiger partial charge in [0, 0.05) is 30.7 Å². The summed E-state index contributed by atoms with van der Waals surface area (Å²) in [5.74, 6) is -0.346. The smallest absolute Gasteiger partial charge is 0.399 e. The quantitative estimate of drug-likeness (QED) is 0.770. The van der Waals surface area contributed by atoms with Gasteiger partial charge < -0.3 is 18.8 Å². The molecule has 120 valence electrons. The van der Waals surface area contributed by atoms with E-state index in [0.29, 0.717) is 19.3 Å². The molecule has 1 aromatic heterocycles. The van der Waals surface area contributed by atoms with E-state index in [4.69, 9.17) is 18.8 Å². The van der Waals surface area contributed by atoms with Gasteiger partial charge >= 0.3 is 7.12 Å². The minimum atomic E-state index is -0.355.